The van der Waals surface area contributed by atoms with Gasteiger partial charge in [0, 0.05) is 64.2 Å². The van der Waals surface area contributed by atoms with Gasteiger partial charge < -0.3 is 24.5 Å². The minimum absolute atomic E-state index is 0.0212. The zero-order valence-corrected chi connectivity index (χ0v) is 24.3. The first kappa shape index (κ1) is 30.1. The van der Waals surface area contributed by atoms with Crippen LogP contribution in [0.25, 0.3) is 0 Å². The van der Waals surface area contributed by atoms with Crippen LogP contribution in [-0.4, -0.2) is 131 Å². The van der Waals surface area contributed by atoms with Crippen molar-refractivity contribution in [3.63, 3.8) is 0 Å². The van der Waals surface area contributed by atoms with Gasteiger partial charge in [0.25, 0.3) is 0 Å². The molecule has 0 saturated carbocycles. The molecule has 218 valence electrons. The summed E-state index contributed by atoms with van der Waals surface area (Å²) in [5.74, 6) is -0.998. The number of amides is 3. The largest absolute Gasteiger partial charge is 0.396 e. The van der Waals surface area contributed by atoms with Crippen LogP contribution in [0.4, 0.5) is 0 Å². The minimum Gasteiger partial charge on any atom is -0.396 e. The Balaban J connectivity index is 1.62. The summed E-state index contributed by atoms with van der Waals surface area (Å²) in [7, 11) is 0. The highest BCUT2D eigenvalue weighted by Gasteiger charge is 2.73. The molecule has 39 heavy (non-hydrogen) atoms. The summed E-state index contributed by atoms with van der Waals surface area (Å²) < 4.78 is 4.88. The predicted molar refractivity (Wildman–Crippen MR) is 153 cm³/mol. The Kier molecular flexibility index (Phi) is 10.5. The summed E-state index contributed by atoms with van der Waals surface area (Å²) in [6.07, 6.45) is 7.12. The van der Waals surface area contributed by atoms with Crippen molar-refractivity contribution in [1.82, 2.24) is 19.6 Å². The normalized spacial score (nSPS) is 29.9. The predicted octanol–water partition coefficient (Wildman–Crippen LogP) is 1.62. The maximum absolute atomic E-state index is 14.4. The second-order valence-electron chi connectivity index (χ2n) is 11.1. The highest BCUT2D eigenvalue weighted by Crippen LogP contribution is 2.66. The van der Waals surface area contributed by atoms with Crippen molar-refractivity contribution in [2.75, 3.05) is 72.2 Å². The number of rotatable bonds is 15. The number of aliphatic hydroxyl groups is 1. The fraction of sp³-hybridized carbons (Fsp3) is 0.759. The van der Waals surface area contributed by atoms with E-state index < -0.39 is 22.6 Å². The number of ether oxygens (including phenoxy) is 1. The zero-order valence-electron chi connectivity index (χ0n) is 23.5. The topological polar surface area (TPSA) is 93.6 Å². The van der Waals surface area contributed by atoms with Crippen LogP contribution in [0.1, 0.15) is 39.0 Å². The maximum Gasteiger partial charge on any atom is 0.247 e. The standard InChI is InChI=1S/C29H46N4O5S/c1-4-11-31(12-5-2)26(35)23-22-9-10-29(39-22)24(23)27(36)33(14-7-8-19-34)25(29)28(37)32(13-6-3)16-15-30-17-20-38-21-18-30/h4,6,22-25,34H,1,3,5,7-21H2,2H3/t22-,23+,24-,25?,29?/m0/s1. The van der Waals surface area contributed by atoms with E-state index in [0.29, 0.717) is 58.8 Å². The van der Waals surface area contributed by atoms with Gasteiger partial charge in [-0.1, -0.05) is 19.1 Å². The Morgan fingerprint density at radius 3 is 2.44 bits per heavy atom. The van der Waals surface area contributed by atoms with Crippen molar-refractivity contribution < 1.29 is 24.2 Å². The molecule has 1 spiro atoms. The molecule has 0 aliphatic carbocycles. The number of hydrogen-bond donors (Lipinski definition) is 1. The van der Waals surface area contributed by atoms with Gasteiger partial charge in [0.2, 0.25) is 17.7 Å². The fourth-order valence-corrected chi connectivity index (χ4v) is 9.19. The van der Waals surface area contributed by atoms with Gasteiger partial charge in [-0.05, 0) is 32.1 Å². The molecule has 4 heterocycles. The SMILES string of the molecule is C=CCN(CCN1CCOCC1)C(=O)C1N(CCCCO)C(=O)[C@@H]2[C@H](C(=O)N(CC=C)CCC)[C@@H]3CCC12S3. The van der Waals surface area contributed by atoms with Gasteiger partial charge in [0.1, 0.15) is 6.04 Å². The quantitative estimate of drug-likeness (QED) is 0.240. The van der Waals surface area contributed by atoms with Gasteiger partial charge >= 0.3 is 0 Å². The Hall–Kier alpha value is -1.88. The average Bonchev–Trinajstić information content (AvgIpc) is 3.58. The first-order chi connectivity index (χ1) is 18.9. The summed E-state index contributed by atoms with van der Waals surface area (Å²) in [6.45, 7) is 16.1. The molecule has 0 aromatic rings. The molecular weight excluding hydrogens is 516 g/mol. The van der Waals surface area contributed by atoms with E-state index in [-0.39, 0.29) is 29.6 Å². The van der Waals surface area contributed by atoms with Crippen LogP contribution < -0.4 is 0 Å². The van der Waals surface area contributed by atoms with Crippen LogP contribution in [0.3, 0.4) is 0 Å². The molecule has 4 saturated heterocycles. The average molecular weight is 563 g/mol. The third kappa shape index (κ3) is 5.94. The van der Waals surface area contributed by atoms with E-state index >= 15 is 0 Å². The van der Waals surface area contributed by atoms with E-state index in [1.165, 1.54) is 0 Å². The molecule has 2 unspecified atom stereocenters. The lowest BCUT2D eigenvalue weighted by Crippen LogP contribution is -2.56. The summed E-state index contributed by atoms with van der Waals surface area (Å²) in [5, 5.41) is 9.46. The van der Waals surface area contributed by atoms with Crippen molar-refractivity contribution in [2.24, 2.45) is 11.8 Å². The third-order valence-electron chi connectivity index (χ3n) is 8.73. The molecule has 10 heteroatoms. The highest BCUT2D eigenvalue weighted by atomic mass is 32.2. The number of fused-ring (bicyclic) bond motifs is 1. The summed E-state index contributed by atoms with van der Waals surface area (Å²) in [4.78, 5) is 50.2. The van der Waals surface area contributed by atoms with Gasteiger partial charge in [-0.3, -0.25) is 19.3 Å². The van der Waals surface area contributed by atoms with Gasteiger partial charge in [-0.25, -0.2) is 0 Å². The molecule has 2 bridgehead atoms. The Labute approximate surface area is 237 Å². The van der Waals surface area contributed by atoms with Crippen molar-refractivity contribution in [2.45, 2.75) is 55.1 Å². The number of morpholine rings is 1. The van der Waals surface area contributed by atoms with Crippen molar-refractivity contribution in [1.29, 1.82) is 0 Å². The van der Waals surface area contributed by atoms with Crippen LogP contribution in [0.2, 0.25) is 0 Å². The van der Waals surface area contributed by atoms with Crippen molar-refractivity contribution in [3.8, 4) is 0 Å². The summed E-state index contributed by atoms with van der Waals surface area (Å²) in [6, 6.07) is -0.606. The second-order valence-corrected chi connectivity index (χ2v) is 12.7. The number of likely N-dealkylation sites (tertiary alicyclic amines) is 1. The van der Waals surface area contributed by atoms with E-state index in [2.05, 4.69) is 18.1 Å². The lowest BCUT2D eigenvalue weighted by molar-refractivity contribution is -0.144. The Morgan fingerprint density at radius 1 is 1.10 bits per heavy atom. The van der Waals surface area contributed by atoms with Crippen LogP contribution in [0.15, 0.2) is 25.3 Å². The number of hydrogen-bond acceptors (Lipinski definition) is 7. The Morgan fingerprint density at radius 2 is 1.79 bits per heavy atom. The third-order valence-corrected chi connectivity index (χ3v) is 10.7. The number of carbonyl (C=O) groups is 3. The number of nitrogens with zero attached hydrogens (tertiary/aromatic N) is 4. The molecule has 4 aliphatic heterocycles. The molecule has 4 rings (SSSR count). The summed E-state index contributed by atoms with van der Waals surface area (Å²) in [5.41, 5.74) is 0. The molecule has 4 aliphatic rings. The number of unbranched alkanes of at least 4 members (excludes halogenated alkanes) is 1. The van der Waals surface area contributed by atoms with Gasteiger partial charge in [0.05, 0.1) is 29.8 Å². The van der Waals surface area contributed by atoms with Crippen molar-refractivity contribution in [3.05, 3.63) is 25.3 Å². The lowest BCUT2D eigenvalue weighted by atomic mass is 9.70. The van der Waals surface area contributed by atoms with E-state index in [1.807, 2.05) is 16.7 Å². The minimum atomic E-state index is -0.606. The lowest BCUT2D eigenvalue weighted by Gasteiger charge is -2.38. The Bertz CT molecular complexity index is 912. The smallest absolute Gasteiger partial charge is 0.247 e. The molecule has 0 radical (unpaired) electrons. The first-order valence-electron chi connectivity index (χ1n) is 14.6. The van der Waals surface area contributed by atoms with E-state index in [1.54, 1.807) is 28.8 Å². The van der Waals surface area contributed by atoms with E-state index in [9.17, 15) is 19.5 Å². The van der Waals surface area contributed by atoms with Crippen LogP contribution in [0.5, 0.6) is 0 Å². The molecule has 9 nitrogen and oxygen atoms in total. The molecular formula is C29H46N4O5S. The number of aliphatic hydroxyl groups excluding tert-OH is 1. The van der Waals surface area contributed by atoms with Gasteiger partial charge in [-0.15, -0.1) is 24.9 Å². The number of carbonyl (C=O) groups excluding carboxylic acids is 3. The molecule has 4 fully saturated rings. The van der Waals surface area contributed by atoms with Gasteiger partial charge in [0.15, 0.2) is 0 Å². The molecule has 1 N–H and O–H groups in total. The van der Waals surface area contributed by atoms with Crippen molar-refractivity contribution >= 4 is 29.5 Å². The molecule has 5 atom stereocenters. The van der Waals surface area contributed by atoms with Crippen LogP contribution >= 0.6 is 11.8 Å². The zero-order chi connectivity index (χ0) is 28.0. The van der Waals surface area contributed by atoms with E-state index in [4.69, 9.17) is 4.74 Å². The van der Waals surface area contributed by atoms with Crippen LogP contribution in [-0.2, 0) is 19.1 Å². The monoisotopic (exact) mass is 562 g/mol. The molecule has 0 aromatic heterocycles. The van der Waals surface area contributed by atoms with E-state index in [0.717, 1.165) is 38.9 Å². The first-order valence-corrected chi connectivity index (χ1v) is 15.5. The molecule has 3 amide bonds. The highest BCUT2D eigenvalue weighted by molar-refractivity contribution is 8.02. The van der Waals surface area contributed by atoms with Crippen LogP contribution in [0, 0.1) is 11.8 Å². The fourth-order valence-electron chi connectivity index (χ4n) is 6.98. The second kappa shape index (κ2) is 13.7. The maximum atomic E-state index is 14.4. The molecule has 0 aromatic carbocycles. The van der Waals surface area contributed by atoms with Gasteiger partial charge in [-0.2, -0.15) is 0 Å². The summed E-state index contributed by atoms with van der Waals surface area (Å²) >= 11 is 1.72. The number of thioether (sulfide) groups is 1.